The van der Waals surface area contributed by atoms with Gasteiger partial charge in [-0.2, -0.15) is 0 Å². The molecule has 0 amide bonds. The molecule has 0 saturated heterocycles. The van der Waals surface area contributed by atoms with Crippen LogP contribution >= 0.6 is 11.8 Å². The SMILES string of the molecule is C=CC(=O)OC(COC)COc1c2c(c(OCC(COC)OC(=O)C=C)c3ccccc13)CC(Sc1ccccc1)=CC2. The third-order valence-electron chi connectivity index (χ3n) is 6.64. The van der Waals surface area contributed by atoms with Crippen LogP contribution in [0.2, 0.25) is 0 Å². The van der Waals surface area contributed by atoms with Crippen molar-refractivity contribution in [2.24, 2.45) is 0 Å². The second-order valence-electron chi connectivity index (χ2n) is 9.69. The first kappa shape index (κ1) is 31.9. The van der Waals surface area contributed by atoms with Crippen molar-refractivity contribution >= 4 is 34.5 Å². The van der Waals surface area contributed by atoms with Crippen LogP contribution in [0.25, 0.3) is 10.8 Å². The Bertz CT molecular complexity index is 1470. The summed E-state index contributed by atoms with van der Waals surface area (Å²) in [5.41, 5.74) is 1.95. The van der Waals surface area contributed by atoms with Crippen LogP contribution in [0.15, 0.2) is 95.8 Å². The number of carbonyl (C=O) groups excluding carboxylic acids is 2. The highest BCUT2D eigenvalue weighted by atomic mass is 32.2. The van der Waals surface area contributed by atoms with Crippen LogP contribution in [-0.2, 0) is 41.4 Å². The Balaban J connectivity index is 1.73. The van der Waals surface area contributed by atoms with Crippen LogP contribution in [0.1, 0.15) is 11.1 Å². The highest BCUT2D eigenvalue weighted by Crippen LogP contribution is 2.46. The van der Waals surface area contributed by atoms with Crippen molar-refractivity contribution < 1.29 is 38.0 Å². The summed E-state index contributed by atoms with van der Waals surface area (Å²) in [5.74, 6) is 0.294. The third-order valence-corrected chi connectivity index (χ3v) is 7.72. The number of allylic oxidation sites excluding steroid dienone is 2. The summed E-state index contributed by atoms with van der Waals surface area (Å²) in [7, 11) is 3.08. The first-order chi connectivity index (χ1) is 21.0. The van der Waals surface area contributed by atoms with E-state index in [4.69, 9.17) is 28.4 Å². The summed E-state index contributed by atoms with van der Waals surface area (Å²) in [6, 6.07) is 18.0. The van der Waals surface area contributed by atoms with Crippen LogP contribution in [0.4, 0.5) is 0 Å². The summed E-state index contributed by atoms with van der Waals surface area (Å²) in [4.78, 5) is 26.2. The van der Waals surface area contributed by atoms with E-state index in [1.165, 1.54) is 12.0 Å². The van der Waals surface area contributed by atoms with E-state index in [9.17, 15) is 9.59 Å². The van der Waals surface area contributed by atoms with Gasteiger partial charge in [0.2, 0.25) is 0 Å². The number of ether oxygens (including phenoxy) is 6. The summed E-state index contributed by atoms with van der Waals surface area (Å²) in [5, 5.41) is 1.70. The summed E-state index contributed by atoms with van der Waals surface area (Å²) in [6.45, 7) is 7.48. The molecule has 3 aromatic rings. The van der Waals surface area contributed by atoms with Crippen molar-refractivity contribution in [3.63, 3.8) is 0 Å². The highest BCUT2D eigenvalue weighted by Gasteiger charge is 2.27. The second-order valence-corrected chi connectivity index (χ2v) is 10.9. The zero-order valence-electron chi connectivity index (χ0n) is 24.4. The van der Waals surface area contributed by atoms with Gasteiger partial charge in [0, 0.05) is 59.6 Å². The molecular formula is C34H36O8S. The topological polar surface area (TPSA) is 89.5 Å². The average Bonchev–Trinajstić information content (AvgIpc) is 3.02. The maximum atomic E-state index is 12.0. The van der Waals surface area contributed by atoms with Crippen LogP contribution in [-0.4, -0.2) is 64.8 Å². The van der Waals surface area contributed by atoms with Crippen LogP contribution in [0.5, 0.6) is 11.5 Å². The van der Waals surface area contributed by atoms with Gasteiger partial charge in [-0.25, -0.2) is 9.59 Å². The Morgan fingerprint density at radius 2 is 1.28 bits per heavy atom. The normalized spacial score (nSPS) is 13.7. The minimum atomic E-state index is -0.632. The standard InChI is InChI=1S/C34H36O8S/c1-5-31(35)41-23(19-37-3)21-39-33-27-14-10-11-15-28(27)34(40-22-24(20-38-4)42-32(36)6-2)30-18-26(16-17-29(30)33)43-25-12-8-7-9-13-25/h5-16,23-24H,1-2,17-22H2,3-4H3. The average molecular weight is 605 g/mol. The lowest BCUT2D eigenvalue weighted by atomic mass is 9.90. The number of methoxy groups -OCH3 is 2. The van der Waals surface area contributed by atoms with E-state index in [0.717, 1.165) is 38.9 Å². The zero-order chi connectivity index (χ0) is 30.6. The number of thioether (sulfide) groups is 1. The molecule has 0 heterocycles. The van der Waals surface area contributed by atoms with Gasteiger partial charge < -0.3 is 28.4 Å². The lowest BCUT2D eigenvalue weighted by molar-refractivity contribution is -0.148. The van der Waals surface area contributed by atoms with E-state index < -0.39 is 24.1 Å². The van der Waals surface area contributed by atoms with Crippen molar-refractivity contribution in [1.29, 1.82) is 0 Å². The molecule has 0 spiro atoms. The number of hydrogen-bond donors (Lipinski definition) is 0. The first-order valence-corrected chi connectivity index (χ1v) is 14.7. The Labute approximate surface area is 256 Å². The monoisotopic (exact) mass is 604 g/mol. The fraction of sp³-hybridized carbons (Fsp3) is 0.294. The summed E-state index contributed by atoms with van der Waals surface area (Å²) >= 11 is 1.71. The van der Waals surface area contributed by atoms with Gasteiger partial charge >= 0.3 is 11.9 Å². The van der Waals surface area contributed by atoms with Crippen LogP contribution in [0.3, 0.4) is 0 Å². The Morgan fingerprint density at radius 1 is 0.767 bits per heavy atom. The molecule has 4 rings (SSSR count). The van der Waals surface area contributed by atoms with Crippen molar-refractivity contribution in [2.75, 3.05) is 40.6 Å². The maximum Gasteiger partial charge on any atom is 0.330 e. The predicted octanol–water partition coefficient (Wildman–Crippen LogP) is 5.86. The molecule has 0 aliphatic heterocycles. The van der Waals surface area contributed by atoms with Gasteiger partial charge in [0.05, 0.1) is 13.2 Å². The molecule has 9 heteroatoms. The number of hydrogen-bond acceptors (Lipinski definition) is 9. The van der Waals surface area contributed by atoms with Gasteiger partial charge in [0.25, 0.3) is 0 Å². The Hall–Kier alpha value is -4.05. The molecule has 0 bridgehead atoms. The predicted molar refractivity (Wildman–Crippen MR) is 167 cm³/mol. The van der Waals surface area contributed by atoms with Gasteiger partial charge in [0.1, 0.15) is 24.7 Å². The lowest BCUT2D eigenvalue weighted by Crippen LogP contribution is -2.30. The van der Waals surface area contributed by atoms with E-state index in [0.29, 0.717) is 24.3 Å². The molecule has 0 aromatic heterocycles. The number of benzene rings is 3. The fourth-order valence-corrected chi connectivity index (χ4v) is 5.75. The molecule has 0 fully saturated rings. The molecule has 43 heavy (non-hydrogen) atoms. The molecule has 226 valence electrons. The molecule has 3 aromatic carbocycles. The Morgan fingerprint density at radius 3 is 1.79 bits per heavy atom. The van der Waals surface area contributed by atoms with E-state index in [-0.39, 0.29) is 26.4 Å². The van der Waals surface area contributed by atoms with Gasteiger partial charge in [-0.1, -0.05) is 73.5 Å². The first-order valence-electron chi connectivity index (χ1n) is 13.8. The number of carbonyl (C=O) groups is 2. The van der Waals surface area contributed by atoms with Crippen molar-refractivity contribution in [3.05, 3.63) is 102 Å². The highest BCUT2D eigenvalue weighted by molar-refractivity contribution is 8.03. The number of fused-ring (bicyclic) bond motifs is 2. The van der Waals surface area contributed by atoms with Crippen molar-refractivity contribution in [3.8, 4) is 11.5 Å². The zero-order valence-corrected chi connectivity index (χ0v) is 25.2. The second kappa shape index (κ2) is 16.0. The lowest BCUT2D eigenvalue weighted by Gasteiger charge is -2.27. The van der Waals surface area contributed by atoms with Gasteiger partial charge in [-0.05, 0) is 23.5 Å². The smallest absolute Gasteiger partial charge is 0.330 e. The van der Waals surface area contributed by atoms with Crippen molar-refractivity contribution in [1.82, 2.24) is 0 Å². The molecule has 1 aliphatic rings. The van der Waals surface area contributed by atoms with Gasteiger partial charge in [0.15, 0.2) is 12.2 Å². The molecule has 0 saturated carbocycles. The van der Waals surface area contributed by atoms with E-state index in [1.807, 2.05) is 42.5 Å². The molecule has 0 radical (unpaired) electrons. The maximum absolute atomic E-state index is 12.0. The molecular weight excluding hydrogens is 568 g/mol. The Kier molecular flexibility index (Phi) is 11.8. The quantitative estimate of drug-likeness (QED) is 0.147. The summed E-state index contributed by atoms with van der Waals surface area (Å²) < 4.78 is 34.4. The van der Waals surface area contributed by atoms with Gasteiger partial charge in [-0.3, -0.25) is 0 Å². The number of esters is 2. The van der Waals surface area contributed by atoms with Crippen LogP contribution in [0, 0.1) is 0 Å². The summed E-state index contributed by atoms with van der Waals surface area (Å²) in [6.07, 6.45) is 4.40. The molecule has 1 aliphatic carbocycles. The third kappa shape index (κ3) is 8.50. The fourth-order valence-electron chi connectivity index (χ4n) is 4.77. The minimum absolute atomic E-state index is 0.0857. The number of rotatable bonds is 16. The molecule has 2 unspecified atom stereocenters. The van der Waals surface area contributed by atoms with E-state index in [2.05, 4.69) is 31.4 Å². The van der Waals surface area contributed by atoms with Crippen molar-refractivity contribution in [2.45, 2.75) is 29.9 Å². The van der Waals surface area contributed by atoms with E-state index in [1.54, 1.807) is 18.9 Å². The largest absolute Gasteiger partial charge is 0.489 e. The van der Waals surface area contributed by atoms with Gasteiger partial charge in [-0.15, -0.1) is 0 Å². The molecule has 2 atom stereocenters. The minimum Gasteiger partial charge on any atom is -0.489 e. The molecule has 8 nitrogen and oxygen atoms in total. The van der Waals surface area contributed by atoms with E-state index >= 15 is 0 Å². The molecule has 0 N–H and O–H groups in total. The van der Waals surface area contributed by atoms with Crippen LogP contribution < -0.4 is 9.47 Å².